The topological polar surface area (TPSA) is 22.8 Å². The highest BCUT2D eigenvalue weighted by Gasteiger charge is 2.24. The van der Waals surface area contributed by atoms with Gasteiger partial charge in [0, 0.05) is 41.3 Å². The third-order valence-electron chi connectivity index (χ3n) is 6.36. The molecule has 0 amide bonds. The number of hydrogen-bond acceptors (Lipinski definition) is 1. The second-order valence-electron chi connectivity index (χ2n) is 9.00. The van der Waals surface area contributed by atoms with Gasteiger partial charge in [-0.3, -0.25) is 4.57 Å². The molecule has 0 aliphatic heterocycles. The normalized spacial score (nSPS) is 12.0. The lowest BCUT2D eigenvalue weighted by Crippen LogP contribution is -2.07. The predicted octanol–water partition coefficient (Wildman–Crippen LogP) is 7.43. The summed E-state index contributed by atoms with van der Waals surface area (Å²) in [5.41, 5.74) is 7.69. The monoisotopic (exact) mass is 407 g/mol. The first kappa shape index (κ1) is 19.6. The largest absolute Gasteiger partial charge is 0.342 e. The number of benzene rings is 3. The second-order valence-corrected chi connectivity index (χ2v) is 9.00. The molecule has 31 heavy (non-hydrogen) atoms. The Bertz CT molecular complexity index is 1380. The van der Waals surface area contributed by atoms with E-state index < -0.39 is 0 Å². The van der Waals surface area contributed by atoms with Gasteiger partial charge in [0.1, 0.15) is 5.82 Å². The first-order valence-corrected chi connectivity index (χ1v) is 11.1. The van der Waals surface area contributed by atoms with Crippen molar-refractivity contribution in [2.75, 3.05) is 0 Å². The average Bonchev–Trinajstić information content (AvgIpc) is 3.37. The number of imidazole rings is 1. The second kappa shape index (κ2) is 7.42. The molecule has 2 heterocycles. The molecule has 5 rings (SSSR count). The molecule has 3 nitrogen and oxygen atoms in total. The lowest BCUT2D eigenvalue weighted by molar-refractivity contribution is 0.826. The van der Waals surface area contributed by atoms with Gasteiger partial charge in [0.2, 0.25) is 0 Å². The fourth-order valence-electron chi connectivity index (χ4n) is 4.84. The molecule has 0 saturated heterocycles. The van der Waals surface area contributed by atoms with Crippen LogP contribution >= 0.6 is 0 Å². The lowest BCUT2D eigenvalue weighted by atomic mass is 9.89. The molecule has 156 valence electrons. The number of hydrogen-bond donors (Lipinski definition) is 0. The summed E-state index contributed by atoms with van der Waals surface area (Å²) < 4.78 is 4.66. The lowest BCUT2D eigenvalue weighted by Gasteiger charge is -2.22. The number of aromatic nitrogens is 3. The summed E-state index contributed by atoms with van der Waals surface area (Å²) in [6.07, 6.45) is 4.02. The molecule has 0 aliphatic rings. The molecule has 0 saturated carbocycles. The van der Waals surface area contributed by atoms with Crippen LogP contribution in [0.25, 0.3) is 38.9 Å². The van der Waals surface area contributed by atoms with Crippen molar-refractivity contribution in [3.05, 3.63) is 84.2 Å². The zero-order valence-corrected chi connectivity index (χ0v) is 18.9. The van der Waals surface area contributed by atoms with Crippen molar-refractivity contribution < 1.29 is 0 Å². The van der Waals surface area contributed by atoms with Crippen molar-refractivity contribution in [2.45, 2.75) is 39.5 Å². The predicted molar refractivity (Wildman–Crippen MR) is 131 cm³/mol. The zero-order valence-electron chi connectivity index (χ0n) is 18.9. The van der Waals surface area contributed by atoms with Crippen molar-refractivity contribution in [3.8, 4) is 17.1 Å². The van der Waals surface area contributed by atoms with Gasteiger partial charge in [-0.05, 0) is 29.0 Å². The third kappa shape index (κ3) is 2.99. The summed E-state index contributed by atoms with van der Waals surface area (Å²) in [4.78, 5) is 4.76. The van der Waals surface area contributed by atoms with Gasteiger partial charge in [-0.15, -0.1) is 0 Å². The number of fused-ring (bicyclic) bond motifs is 3. The fourth-order valence-corrected chi connectivity index (χ4v) is 4.84. The quantitative estimate of drug-likeness (QED) is 0.304. The van der Waals surface area contributed by atoms with Gasteiger partial charge in [0.05, 0.1) is 11.2 Å². The third-order valence-corrected chi connectivity index (χ3v) is 6.36. The molecule has 0 unspecified atom stereocenters. The Kier molecular flexibility index (Phi) is 4.70. The van der Waals surface area contributed by atoms with Gasteiger partial charge >= 0.3 is 0 Å². The van der Waals surface area contributed by atoms with E-state index in [1.54, 1.807) is 0 Å². The molecule has 0 radical (unpaired) electrons. The fraction of sp³-hybridized carbons (Fsp3) is 0.250. The highest BCUT2D eigenvalue weighted by Crippen LogP contribution is 2.42. The van der Waals surface area contributed by atoms with Crippen LogP contribution in [0.4, 0.5) is 0 Å². The van der Waals surface area contributed by atoms with Gasteiger partial charge in [-0.25, -0.2) is 4.98 Å². The van der Waals surface area contributed by atoms with Crippen LogP contribution in [-0.2, 0) is 7.05 Å². The van der Waals surface area contributed by atoms with E-state index in [1.807, 2.05) is 6.20 Å². The molecule has 0 fully saturated rings. The molecule has 3 heteroatoms. The number of aryl methyl sites for hydroxylation is 1. The van der Waals surface area contributed by atoms with Gasteiger partial charge < -0.3 is 4.57 Å². The number of nitrogens with zero attached hydrogens (tertiary/aromatic N) is 3. The van der Waals surface area contributed by atoms with Crippen LogP contribution in [0, 0.1) is 0 Å². The van der Waals surface area contributed by atoms with Crippen molar-refractivity contribution in [1.82, 2.24) is 14.1 Å². The van der Waals surface area contributed by atoms with Crippen molar-refractivity contribution in [2.24, 2.45) is 7.05 Å². The Morgan fingerprint density at radius 2 is 1.48 bits per heavy atom. The smallest absolute Gasteiger partial charge is 0.144 e. The van der Waals surface area contributed by atoms with Crippen LogP contribution in [0.15, 0.2) is 73.1 Å². The maximum atomic E-state index is 4.76. The Hall–Kier alpha value is -3.33. The first-order chi connectivity index (χ1) is 15.0. The van der Waals surface area contributed by atoms with Crippen LogP contribution < -0.4 is 0 Å². The molecule has 0 bridgehead atoms. The minimum absolute atomic E-state index is 0.390. The summed E-state index contributed by atoms with van der Waals surface area (Å²) in [5.74, 6) is 1.81. The van der Waals surface area contributed by atoms with Gasteiger partial charge in [0.25, 0.3) is 0 Å². The van der Waals surface area contributed by atoms with E-state index >= 15 is 0 Å². The molecule has 0 spiro atoms. The first-order valence-electron chi connectivity index (χ1n) is 11.1. The summed E-state index contributed by atoms with van der Waals surface area (Å²) in [7, 11) is 2.20. The minimum Gasteiger partial charge on any atom is -0.342 e. The van der Waals surface area contributed by atoms with E-state index in [4.69, 9.17) is 4.98 Å². The Morgan fingerprint density at radius 3 is 2.19 bits per heavy atom. The van der Waals surface area contributed by atoms with E-state index in [9.17, 15) is 0 Å². The van der Waals surface area contributed by atoms with Crippen LogP contribution in [-0.4, -0.2) is 14.1 Å². The van der Waals surface area contributed by atoms with E-state index in [2.05, 4.69) is 111 Å². The summed E-state index contributed by atoms with van der Waals surface area (Å²) in [6.45, 7) is 9.17. The molecule has 5 aromatic rings. The molecular weight excluding hydrogens is 378 g/mol. The van der Waals surface area contributed by atoms with Gasteiger partial charge in [-0.1, -0.05) is 82.3 Å². The molecule has 3 aromatic carbocycles. The molecule has 0 N–H and O–H groups in total. The van der Waals surface area contributed by atoms with Crippen LogP contribution in [0.1, 0.15) is 50.7 Å². The Labute approximate surface area is 184 Å². The molecular formula is C28H29N3. The van der Waals surface area contributed by atoms with E-state index in [1.165, 1.54) is 38.6 Å². The summed E-state index contributed by atoms with van der Waals surface area (Å²) >= 11 is 0. The minimum atomic E-state index is 0.390. The highest BCUT2D eigenvalue weighted by atomic mass is 15.1. The van der Waals surface area contributed by atoms with E-state index in [0.717, 1.165) is 11.4 Å². The number of rotatable bonds is 4. The number of para-hydroxylation sites is 1. The molecule has 2 aromatic heterocycles. The maximum absolute atomic E-state index is 4.76. The maximum Gasteiger partial charge on any atom is 0.144 e. The van der Waals surface area contributed by atoms with E-state index in [0.29, 0.717) is 11.8 Å². The highest BCUT2D eigenvalue weighted by molar-refractivity contribution is 6.13. The van der Waals surface area contributed by atoms with Crippen molar-refractivity contribution in [1.29, 1.82) is 0 Å². The SMILES string of the molecule is CC(C)c1cc(C(C)C)c2c3ccccc3n(C)c2c1-n1ccnc1-c1ccccc1. The average molecular weight is 408 g/mol. The van der Waals surface area contributed by atoms with Crippen LogP contribution in [0.5, 0.6) is 0 Å². The van der Waals surface area contributed by atoms with Crippen LogP contribution in [0.3, 0.4) is 0 Å². The van der Waals surface area contributed by atoms with Crippen molar-refractivity contribution in [3.63, 3.8) is 0 Å². The molecule has 0 atom stereocenters. The zero-order chi connectivity index (χ0) is 21.7. The summed E-state index contributed by atoms with van der Waals surface area (Å²) in [6, 6.07) is 21.7. The van der Waals surface area contributed by atoms with Crippen molar-refractivity contribution >= 4 is 21.8 Å². The van der Waals surface area contributed by atoms with Crippen LogP contribution in [0.2, 0.25) is 0 Å². The molecule has 0 aliphatic carbocycles. The Balaban J connectivity index is 1.98. The Morgan fingerprint density at radius 1 is 0.806 bits per heavy atom. The van der Waals surface area contributed by atoms with E-state index in [-0.39, 0.29) is 0 Å². The van der Waals surface area contributed by atoms with Gasteiger partial charge in [0.15, 0.2) is 0 Å². The van der Waals surface area contributed by atoms with Gasteiger partial charge in [-0.2, -0.15) is 0 Å². The summed E-state index contributed by atoms with van der Waals surface area (Å²) in [5, 5.41) is 2.68. The standard InChI is InChI=1S/C28H29N3/c1-18(2)22-17-23(19(3)4)26(27-25(22)21-13-9-10-14-24(21)30(27)5)31-16-15-29-28(31)20-11-7-6-8-12-20/h6-19H,1-5H3.